The van der Waals surface area contributed by atoms with Crippen LogP contribution in [0.3, 0.4) is 0 Å². The quantitative estimate of drug-likeness (QED) is 0.101. The van der Waals surface area contributed by atoms with Gasteiger partial charge in [0, 0.05) is 26.6 Å². The van der Waals surface area contributed by atoms with Crippen LogP contribution in [0.4, 0.5) is 0 Å². The minimum Gasteiger partial charge on any atom is -0.466 e. The van der Waals surface area contributed by atoms with Crippen LogP contribution >= 0.6 is 0 Å². The first-order valence-corrected chi connectivity index (χ1v) is 13.9. The van der Waals surface area contributed by atoms with Crippen LogP contribution in [0.1, 0.15) is 136 Å². The van der Waals surface area contributed by atoms with Gasteiger partial charge in [-0.15, -0.1) is 0 Å². The molecule has 33 heavy (non-hydrogen) atoms. The molecule has 0 radical (unpaired) electrons. The Bertz CT molecular complexity index is 430. The van der Waals surface area contributed by atoms with Gasteiger partial charge in [-0.3, -0.25) is 9.59 Å². The number of unbranched alkanes of at least 4 members (excludes halogenated alkanes) is 12. The molecular formula is C28H54O5. The molecule has 0 aromatic heterocycles. The molecule has 0 heterocycles. The highest BCUT2D eigenvalue weighted by Crippen LogP contribution is 2.15. The van der Waals surface area contributed by atoms with E-state index in [2.05, 4.69) is 13.8 Å². The molecule has 0 bridgehead atoms. The fraction of sp³-hybridized carbons (Fsp3) is 0.929. The van der Waals surface area contributed by atoms with Gasteiger partial charge in [0.25, 0.3) is 0 Å². The number of carbonyl (C=O) groups excluding carboxylic acids is 2. The van der Waals surface area contributed by atoms with Gasteiger partial charge in [0.05, 0.1) is 13.2 Å². The van der Waals surface area contributed by atoms with Crippen molar-refractivity contribution in [1.29, 1.82) is 0 Å². The smallest absolute Gasteiger partial charge is 0.305 e. The van der Waals surface area contributed by atoms with E-state index in [4.69, 9.17) is 14.2 Å². The van der Waals surface area contributed by atoms with Gasteiger partial charge < -0.3 is 14.2 Å². The van der Waals surface area contributed by atoms with Crippen LogP contribution in [0.2, 0.25) is 0 Å². The summed E-state index contributed by atoms with van der Waals surface area (Å²) in [6.07, 6.45) is 20.4. The molecule has 196 valence electrons. The minimum atomic E-state index is -0.127. The lowest BCUT2D eigenvalue weighted by Gasteiger charge is -2.16. The summed E-state index contributed by atoms with van der Waals surface area (Å²) in [6, 6.07) is 0. The predicted octanol–water partition coefficient (Wildman–Crippen LogP) is 7.79. The molecule has 0 amide bonds. The van der Waals surface area contributed by atoms with Crippen molar-refractivity contribution < 1.29 is 23.8 Å². The first-order valence-electron chi connectivity index (χ1n) is 13.9. The Kier molecular flexibility index (Phi) is 24.7. The van der Waals surface area contributed by atoms with Crippen molar-refractivity contribution in [3.63, 3.8) is 0 Å². The van der Waals surface area contributed by atoms with Crippen LogP contribution in [-0.4, -0.2) is 38.9 Å². The summed E-state index contributed by atoms with van der Waals surface area (Å²) in [6.45, 7) is 6.17. The standard InChI is InChI=1S/C28H54O5/c1-4-6-8-9-10-11-12-13-14-18-23-32-27(29)20-16-15-17-21-28(30)33-25-26(19-7-5-2)22-24-31-3/h26H,4-25H2,1-3H3. The Labute approximate surface area is 204 Å². The average Bonchev–Trinajstić information content (AvgIpc) is 2.81. The Morgan fingerprint density at radius 3 is 1.67 bits per heavy atom. The van der Waals surface area contributed by atoms with Crippen molar-refractivity contribution in [1.82, 2.24) is 0 Å². The number of rotatable bonds is 25. The maximum Gasteiger partial charge on any atom is 0.305 e. The van der Waals surface area contributed by atoms with Crippen LogP contribution in [-0.2, 0) is 23.8 Å². The molecule has 0 aliphatic rings. The van der Waals surface area contributed by atoms with E-state index in [0.717, 1.165) is 57.8 Å². The molecular weight excluding hydrogens is 416 g/mol. The zero-order chi connectivity index (χ0) is 24.4. The molecule has 5 nitrogen and oxygen atoms in total. The highest BCUT2D eigenvalue weighted by Gasteiger charge is 2.12. The van der Waals surface area contributed by atoms with E-state index in [0.29, 0.717) is 38.6 Å². The second-order valence-electron chi connectivity index (χ2n) is 9.44. The topological polar surface area (TPSA) is 61.8 Å². The third-order valence-corrected chi connectivity index (χ3v) is 6.20. The molecule has 0 aromatic carbocycles. The molecule has 0 aromatic rings. The normalized spacial score (nSPS) is 12.0. The van der Waals surface area contributed by atoms with Crippen LogP contribution < -0.4 is 0 Å². The molecule has 0 N–H and O–H groups in total. The highest BCUT2D eigenvalue weighted by molar-refractivity contribution is 5.69. The van der Waals surface area contributed by atoms with Crippen molar-refractivity contribution >= 4 is 11.9 Å². The Morgan fingerprint density at radius 2 is 1.09 bits per heavy atom. The summed E-state index contributed by atoms with van der Waals surface area (Å²) in [4.78, 5) is 23.8. The van der Waals surface area contributed by atoms with Crippen molar-refractivity contribution in [2.24, 2.45) is 5.92 Å². The second kappa shape index (κ2) is 25.5. The summed E-state index contributed by atoms with van der Waals surface area (Å²) in [5, 5.41) is 0. The third-order valence-electron chi connectivity index (χ3n) is 6.20. The van der Waals surface area contributed by atoms with E-state index < -0.39 is 0 Å². The first kappa shape index (κ1) is 31.9. The minimum absolute atomic E-state index is 0.106. The van der Waals surface area contributed by atoms with Crippen LogP contribution in [0.25, 0.3) is 0 Å². The largest absolute Gasteiger partial charge is 0.466 e. The number of hydrogen-bond donors (Lipinski definition) is 0. The van der Waals surface area contributed by atoms with Crippen LogP contribution in [0.5, 0.6) is 0 Å². The van der Waals surface area contributed by atoms with E-state index in [1.165, 1.54) is 51.4 Å². The summed E-state index contributed by atoms with van der Waals surface area (Å²) < 4.78 is 15.9. The highest BCUT2D eigenvalue weighted by atomic mass is 16.5. The average molecular weight is 471 g/mol. The van der Waals surface area contributed by atoms with Crippen LogP contribution in [0, 0.1) is 5.92 Å². The maximum absolute atomic E-state index is 12.0. The molecule has 0 aliphatic carbocycles. The number of ether oxygens (including phenoxy) is 3. The molecule has 0 rings (SSSR count). The van der Waals surface area contributed by atoms with Gasteiger partial charge in [0.1, 0.15) is 0 Å². The maximum atomic E-state index is 12.0. The van der Waals surface area contributed by atoms with Gasteiger partial charge in [0.2, 0.25) is 0 Å². The second-order valence-corrected chi connectivity index (χ2v) is 9.44. The molecule has 0 spiro atoms. The fourth-order valence-electron chi connectivity index (χ4n) is 3.93. The summed E-state index contributed by atoms with van der Waals surface area (Å²) in [7, 11) is 1.71. The third kappa shape index (κ3) is 23.8. The zero-order valence-electron chi connectivity index (χ0n) is 22.2. The Hall–Kier alpha value is -1.10. The Morgan fingerprint density at radius 1 is 0.576 bits per heavy atom. The lowest BCUT2D eigenvalue weighted by molar-refractivity contribution is -0.145. The molecule has 1 unspecified atom stereocenters. The molecule has 0 saturated heterocycles. The lowest BCUT2D eigenvalue weighted by Crippen LogP contribution is -2.16. The number of esters is 2. The van der Waals surface area contributed by atoms with Crippen molar-refractivity contribution in [3.8, 4) is 0 Å². The Balaban J connectivity index is 3.52. The van der Waals surface area contributed by atoms with E-state index in [9.17, 15) is 9.59 Å². The van der Waals surface area contributed by atoms with Gasteiger partial charge in [-0.2, -0.15) is 0 Å². The first-order chi connectivity index (χ1) is 16.1. The molecule has 0 saturated carbocycles. The van der Waals surface area contributed by atoms with Gasteiger partial charge >= 0.3 is 11.9 Å². The monoisotopic (exact) mass is 470 g/mol. The summed E-state index contributed by atoms with van der Waals surface area (Å²) >= 11 is 0. The predicted molar refractivity (Wildman–Crippen MR) is 136 cm³/mol. The van der Waals surface area contributed by atoms with E-state index in [1.54, 1.807) is 7.11 Å². The number of methoxy groups -OCH3 is 1. The van der Waals surface area contributed by atoms with Crippen LogP contribution in [0.15, 0.2) is 0 Å². The van der Waals surface area contributed by atoms with Crippen molar-refractivity contribution in [2.75, 3.05) is 26.9 Å². The SMILES string of the molecule is CCCCCCCCCCCCOC(=O)CCCCCC(=O)OCC(CCCC)CCOC. The van der Waals surface area contributed by atoms with Gasteiger partial charge in [-0.25, -0.2) is 0 Å². The molecule has 0 aliphatic heterocycles. The van der Waals surface area contributed by atoms with Gasteiger partial charge in [-0.05, 0) is 38.0 Å². The number of hydrogen-bond acceptors (Lipinski definition) is 5. The molecule has 1 atom stereocenters. The summed E-state index contributed by atoms with van der Waals surface area (Å²) in [5.74, 6) is 0.155. The fourth-order valence-corrected chi connectivity index (χ4v) is 3.93. The molecule has 0 fully saturated rings. The van der Waals surface area contributed by atoms with Crippen molar-refractivity contribution in [3.05, 3.63) is 0 Å². The summed E-state index contributed by atoms with van der Waals surface area (Å²) in [5.41, 5.74) is 0. The van der Waals surface area contributed by atoms with E-state index in [1.807, 2.05) is 0 Å². The molecule has 5 heteroatoms. The lowest BCUT2D eigenvalue weighted by atomic mass is 10.00. The van der Waals surface area contributed by atoms with Gasteiger partial charge in [-0.1, -0.05) is 90.9 Å². The van der Waals surface area contributed by atoms with E-state index >= 15 is 0 Å². The number of carbonyl (C=O) groups is 2. The van der Waals surface area contributed by atoms with E-state index in [-0.39, 0.29) is 11.9 Å². The van der Waals surface area contributed by atoms with Crippen molar-refractivity contribution in [2.45, 2.75) is 136 Å². The van der Waals surface area contributed by atoms with Gasteiger partial charge in [0.15, 0.2) is 0 Å². The zero-order valence-corrected chi connectivity index (χ0v) is 22.2.